The van der Waals surface area contributed by atoms with Crippen molar-refractivity contribution in [2.24, 2.45) is 0 Å². The maximum absolute atomic E-state index is 15.6. The van der Waals surface area contributed by atoms with E-state index in [1.807, 2.05) is 12.3 Å². The molecule has 0 aliphatic rings. The highest BCUT2D eigenvalue weighted by molar-refractivity contribution is 7.98. The Morgan fingerprint density at radius 3 is 2.44 bits per heavy atom. The summed E-state index contributed by atoms with van der Waals surface area (Å²) in [6, 6.07) is 11.0. The lowest BCUT2D eigenvalue weighted by Gasteiger charge is -2.32. The Morgan fingerprint density at radius 1 is 1.11 bits per heavy atom. The molecule has 0 spiro atoms. The molecule has 1 unspecified atom stereocenters. The maximum Gasteiger partial charge on any atom is 0.235 e. The number of anilines is 3. The van der Waals surface area contributed by atoms with E-state index in [0.717, 1.165) is 11.8 Å². The summed E-state index contributed by atoms with van der Waals surface area (Å²) in [6.07, 6.45) is 1.90. The van der Waals surface area contributed by atoms with E-state index in [0.29, 0.717) is 16.2 Å². The standard InChI is InChI=1S/C19H17BClF2N3S/c1-19(22,13-8-11(21)4-6-15(13)24)26(23)18-16(25)5-3-10-7-12(27-2)9-14(20)17(10)18/h3-9H,24-25H2,1-2H3. The fourth-order valence-corrected chi connectivity index (χ4v) is 3.70. The van der Waals surface area contributed by atoms with Crippen molar-refractivity contribution < 1.29 is 8.87 Å². The summed E-state index contributed by atoms with van der Waals surface area (Å²) in [7, 11) is 6.15. The first-order valence-electron chi connectivity index (χ1n) is 8.03. The van der Waals surface area contributed by atoms with Gasteiger partial charge in [-0.15, -0.1) is 11.8 Å². The minimum atomic E-state index is -2.62. The quantitative estimate of drug-likeness (QED) is 0.218. The molecule has 0 aromatic heterocycles. The number of hydrogen-bond donors (Lipinski definition) is 2. The first kappa shape index (κ1) is 19.6. The Labute approximate surface area is 167 Å². The molecule has 0 aliphatic carbocycles. The van der Waals surface area contributed by atoms with Crippen molar-refractivity contribution in [3.05, 3.63) is 53.1 Å². The van der Waals surface area contributed by atoms with Crippen LogP contribution in [-0.4, -0.2) is 14.1 Å². The Kier molecular flexibility index (Phi) is 5.19. The van der Waals surface area contributed by atoms with Gasteiger partial charge in [0.05, 0.1) is 5.69 Å². The Balaban J connectivity index is 2.24. The number of thioether (sulfide) groups is 1. The number of hydrogen-bond acceptors (Lipinski definition) is 4. The van der Waals surface area contributed by atoms with Gasteiger partial charge in [0.25, 0.3) is 0 Å². The van der Waals surface area contributed by atoms with Crippen LogP contribution in [0, 0.1) is 0 Å². The summed E-state index contributed by atoms with van der Waals surface area (Å²) in [5.41, 5.74) is 12.0. The zero-order chi connectivity index (χ0) is 19.9. The predicted molar refractivity (Wildman–Crippen MR) is 113 cm³/mol. The van der Waals surface area contributed by atoms with E-state index in [4.69, 9.17) is 30.9 Å². The second-order valence-corrected chi connectivity index (χ2v) is 7.60. The highest BCUT2D eigenvalue weighted by Crippen LogP contribution is 2.43. The number of nitrogens with zero attached hydrogens (tertiary/aromatic N) is 1. The van der Waals surface area contributed by atoms with Crippen LogP contribution in [0.25, 0.3) is 10.8 Å². The number of nitrogens with two attached hydrogens (primary N) is 2. The third kappa shape index (κ3) is 3.41. The van der Waals surface area contributed by atoms with Gasteiger partial charge in [-0.2, -0.15) is 5.12 Å². The highest BCUT2D eigenvalue weighted by Gasteiger charge is 2.39. The summed E-state index contributed by atoms with van der Waals surface area (Å²) in [6.45, 7) is 1.06. The second kappa shape index (κ2) is 7.13. The van der Waals surface area contributed by atoms with Crippen LogP contribution in [0.4, 0.5) is 25.9 Å². The van der Waals surface area contributed by atoms with E-state index in [-0.39, 0.29) is 32.8 Å². The van der Waals surface area contributed by atoms with Gasteiger partial charge in [0.15, 0.2) is 0 Å². The summed E-state index contributed by atoms with van der Waals surface area (Å²) in [4.78, 5) is 0.906. The molecule has 0 bridgehead atoms. The first-order valence-corrected chi connectivity index (χ1v) is 9.63. The molecular weight excluding hydrogens is 387 g/mol. The van der Waals surface area contributed by atoms with Crippen molar-refractivity contribution >= 4 is 64.5 Å². The summed E-state index contributed by atoms with van der Waals surface area (Å²) >= 11 is 7.45. The molecule has 1 atom stereocenters. The minimum Gasteiger partial charge on any atom is -0.398 e. The van der Waals surface area contributed by atoms with Crippen LogP contribution < -0.4 is 22.1 Å². The van der Waals surface area contributed by atoms with Crippen molar-refractivity contribution in [3.63, 3.8) is 0 Å². The van der Waals surface area contributed by atoms with Gasteiger partial charge < -0.3 is 11.5 Å². The molecule has 3 aromatic rings. The summed E-state index contributed by atoms with van der Waals surface area (Å²) in [5.74, 6) is -2.62. The zero-order valence-corrected chi connectivity index (χ0v) is 16.3. The molecule has 27 heavy (non-hydrogen) atoms. The molecule has 0 saturated carbocycles. The van der Waals surface area contributed by atoms with Crippen LogP contribution in [0.1, 0.15) is 12.5 Å². The molecule has 8 heteroatoms. The molecule has 3 aromatic carbocycles. The number of halogens is 3. The average molecular weight is 404 g/mol. The molecule has 3 nitrogen and oxygen atoms in total. The summed E-state index contributed by atoms with van der Waals surface area (Å²) < 4.78 is 31.1. The van der Waals surface area contributed by atoms with Crippen LogP contribution in [-0.2, 0) is 5.79 Å². The van der Waals surface area contributed by atoms with Gasteiger partial charge >= 0.3 is 0 Å². The van der Waals surface area contributed by atoms with E-state index in [9.17, 15) is 0 Å². The first-order chi connectivity index (χ1) is 12.7. The van der Waals surface area contributed by atoms with Crippen molar-refractivity contribution in [3.8, 4) is 0 Å². The van der Waals surface area contributed by atoms with Crippen LogP contribution in [0.5, 0.6) is 0 Å². The molecular formula is C19H17BClF2N3S. The SMILES string of the molecule is [B]c1cc(SC)cc2ccc(N)c(N(F)C(C)(F)c3cc(Cl)ccc3N)c12. The number of benzene rings is 3. The van der Waals surface area contributed by atoms with Crippen molar-refractivity contribution in [2.45, 2.75) is 17.6 Å². The molecule has 4 N–H and O–H groups in total. The van der Waals surface area contributed by atoms with Gasteiger partial charge in [0.1, 0.15) is 13.5 Å². The van der Waals surface area contributed by atoms with Gasteiger partial charge in [-0.25, -0.2) is 4.39 Å². The fourth-order valence-electron chi connectivity index (χ4n) is 3.04. The maximum atomic E-state index is 15.6. The molecule has 0 aliphatic heterocycles. The van der Waals surface area contributed by atoms with Crippen LogP contribution in [0.15, 0.2) is 47.4 Å². The van der Waals surface area contributed by atoms with Gasteiger partial charge in [-0.1, -0.05) is 33.7 Å². The zero-order valence-electron chi connectivity index (χ0n) is 14.8. The Bertz CT molecular complexity index is 1030. The molecule has 0 amide bonds. The Hall–Kier alpha value is -2.12. The average Bonchev–Trinajstić information content (AvgIpc) is 2.63. The van der Waals surface area contributed by atoms with Crippen LogP contribution in [0.2, 0.25) is 5.02 Å². The molecule has 0 fully saturated rings. The van der Waals surface area contributed by atoms with Crippen LogP contribution in [0.3, 0.4) is 0 Å². The number of alkyl halides is 1. The van der Waals surface area contributed by atoms with E-state index in [1.54, 1.807) is 12.1 Å². The van der Waals surface area contributed by atoms with Gasteiger partial charge in [0, 0.05) is 26.6 Å². The van der Waals surface area contributed by atoms with E-state index >= 15 is 8.87 Å². The predicted octanol–water partition coefficient (Wildman–Crippen LogP) is 4.71. The monoisotopic (exact) mass is 403 g/mol. The normalized spacial score (nSPS) is 13.5. The Morgan fingerprint density at radius 2 is 1.78 bits per heavy atom. The lowest BCUT2D eigenvalue weighted by Crippen LogP contribution is -2.36. The lowest BCUT2D eigenvalue weighted by atomic mass is 9.88. The summed E-state index contributed by atoms with van der Waals surface area (Å²) in [5, 5.41) is 1.19. The molecule has 2 radical (unpaired) electrons. The van der Waals surface area contributed by atoms with Gasteiger partial charge in [0.2, 0.25) is 5.79 Å². The third-order valence-electron chi connectivity index (χ3n) is 4.43. The largest absolute Gasteiger partial charge is 0.398 e. The van der Waals surface area contributed by atoms with Gasteiger partial charge in [-0.05, 0) is 48.9 Å². The van der Waals surface area contributed by atoms with Crippen LogP contribution >= 0.6 is 23.4 Å². The van der Waals surface area contributed by atoms with Gasteiger partial charge in [-0.3, -0.25) is 0 Å². The molecule has 138 valence electrons. The minimum absolute atomic E-state index is 0.0399. The number of rotatable bonds is 4. The van der Waals surface area contributed by atoms with Crippen molar-refractivity contribution in [2.75, 3.05) is 22.8 Å². The van der Waals surface area contributed by atoms with Crippen molar-refractivity contribution in [1.82, 2.24) is 0 Å². The molecule has 3 rings (SSSR count). The highest BCUT2D eigenvalue weighted by atomic mass is 35.5. The molecule has 0 heterocycles. The third-order valence-corrected chi connectivity index (χ3v) is 5.38. The number of fused-ring (bicyclic) bond motifs is 1. The van der Waals surface area contributed by atoms with Crippen molar-refractivity contribution in [1.29, 1.82) is 0 Å². The smallest absolute Gasteiger partial charge is 0.235 e. The number of nitrogen functional groups attached to an aromatic ring is 2. The molecule has 0 saturated heterocycles. The lowest BCUT2D eigenvalue weighted by molar-refractivity contribution is 0.114. The van der Waals surface area contributed by atoms with E-state index in [1.165, 1.54) is 36.0 Å². The van der Waals surface area contributed by atoms with E-state index < -0.39 is 5.79 Å². The fraction of sp³-hybridized carbons (Fsp3) is 0.158. The topological polar surface area (TPSA) is 55.3 Å². The second-order valence-electron chi connectivity index (χ2n) is 6.28. The van der Waals surface area contributed by atoms with E-state index in [2.05, 4.69) is 0 Å².